The first-order valence-electron chi connectivity index (χ1n) is 7.01. The molecule has 7 heteroatoms. The number of guanidine groups is 1. The van der Waals surface area contributed by atoms with E-state index in [0.29, 0.717) is 18.2 Å². The van der Waals surface area contributed by atoms with E-state index in [-0.39, 0.29) is 11.5 Å². The van der Waals surface area contributed by atoms with Crippen LogP contribution in [-0.4, -0.2) is 47.0 Å². The minimum Gasteiger partial charge on any atom is -0.370 e. The van der Waals surface area contributed by atoms with Gasteiger partial charge in [-0.3, -0.25) is 20.1 Å². The number of aliphatic imine (C=N–C) groups is 1. The van der Waals surface area contributed by atoms with Crippen LogP contribution < -0.4 is 16.6 Å². The molecule has 0 aliphatic carbocycles. The molecule has 0 bridgehead atoms. The lowest BCUT2D eigenvalue weighted by Crippen LogP contribution is -2.33. The zero-order valence-corrected chi connectivity index (χ0v) is 11.9. The number of nitrogens with zero attached hydrogens (tertiary/aromatic N) is 3. The van der Waals surface area contributed by atoms with Gasteiger partial charge in [-0.1, -0.05) is 6.42 Å². The fraction of sp³-hybridized carbons (Fsp3) is 0.615. The second-order valence-electron chi connectivity index (χ2n) is 5.03. The number of nitrogens with two attached hydrogens (primary N) is 1. The molecule has 0 amide bonds. The second-order valence-corrected chi connectivity index (χ2v) is 5.03. The van der Waals surface area contributed by atoms with Crippen LogP contribution in [0.3, 0.4) is 0 Å². The van der Waals surface area contributed by atoms with Crippen LogP contribution in [0.1, 0.15) is 25.0 Å². The predicted molar refractivity (Wildman–Crippen MR) is 80.0 cm³/mol. The van der Waals surface area contributed by atoms with Crippen LogP contribution in [0.25, 0.3) is 0 Å². The number of piperidine rings is 1. The van der Waals surface area contributed by atoms with Crippen LogP contribution in [-0.2, 0) is 0 Å². The number of hydrogen-bond acceptors (Lipinski definition) is 4. The van der Waals surface area contributed by atoms with Crippen molar-refractivity contribution in [1.29, 1.82) is 0 Å². The summed E-state index contributed by atoms with van der Waals surface area (Å²) in [5.74, 6) is 0.602. The fourth-order valence-corrected chi connectivity index (χ4v) is 2.29. The van der Waals surface area contributed by atoms with Gasteiger partial charge in [-0.05, 0) is 32.9 Å². The highest BCUT2D eigenvalue weighted by Crippen LogP contribution is 2.07. The van der Waals surface area contributed by atoms with Crippen molar-refractivity contribution >= 4 is 11.9 Å². The molecule has 1 saturated heterocycles. The lowest BCUT2D eigenvalue weighted by molar-refractivity contribution is 0.235. The topological polar surface area (TPSA) is 99.4 Å². The summed E-state index contributed by atoms with van der Waals surface area (Å²) >= 11 is 0. The van der Waals surface area contributed by atoms with Gasteiger partial charge in [0.15, 0.2) is 5.96 Å². The van der Waals surface area contributed by atoms with Gasteiger partial charge in [0.25, 0.3) is 5.56 Å². The Balaban J connectivity index is 1.82. The number of aromatic amines is 1. The van der Waals surface area contributed by atoms with E-state index in [1.807, 2.05) is 0 Å². The van der Waals surface area contributed by atoms with Crippen molar-refractivity contribution in [2.24, 2.45) is 10.7 Å². The van der Waals surface area contributed by atoms with Gasteiger partial charge >= 0.3 is 0 Å². The summed E-state index contributed by atoms with van der Waals surface area (Å²) < 4.78 is 0. The third-order valence-corrected chi connectivity index (χ3v) is 3.26. The Kier molecular flexibility index (Phi) is 5.11. The van der Waals surface area contributed by atoms with Crippen molar-refractivity contribution in [2.45, 2.75) is 26.2 Å². The number of aromatic nitrogens is 2. The molecule has 4 N–H and O–H groups in total. The van der Waals surface area contributed by atoms with Crippen LogP contribution >= 0.6 is 0 Å². The lowest BCUT2D eigenvalue weighted by Gasteiger charge is -2.25. The summed E-state index contributed by atoms with van der Waals surface area (Å²) in [4.78, 5) is 24.6. The van der Waals surface area contributed by atoms with E-state index in [1.165, 1.54) is 25.3 Å². The molecular formula is C13H22N6O. The highest BCUT2D eigenvalue weighted by Gasteiger charge is 2.08. The first-order valence-corrected chi connectivity index (χ1v) is 7.01. The van der Waals surface area contributed by atoms with E-state index < -0.39 is 0 Å². The zero-order chi connectivity index (χ0) is 14.4. The molecule has 2 heterocycles. The molecule has 0 spiro atoms. The minimum atomic E-state index is -0.207. The molecule has 2 rings (SSSR count). The number of hydrogen-bond donors (Lipinski definition) is 3. The Morgan fingerprint density at radius 3 is 2.95 bits per heavy atom. The van der Waals surface area contributed by atoms with Gasteiger partial charge in [0.2, 0.25) is 5.95 Å². The van der Waals surface area contributed by atoms with Crippen LogP contribution in [0.15, 0.2) is 15.9 Å². The van der Waals surface area contributed by atoms with Gasteiger partial charge in [0.1, 0.15) is 0 Å². The fourth-order valence-electron chi connectivity index (χ4n) is 2.29. The number of aryl methyl sites for hydroxylation is 1. The molecule has 1 aliphatic heterocycles. The van der Waals surface area contributed by atoms with Gasteiger partial charge < -0.3 is 10.6 Å². The Morgan fingerprint density at radius 2 is 2.25 bits per heavy atom. The molecule has 1 fully saturated rings. The molecule has 1 aromatic heterocycles. The number of H-pyrrole nitrogens is 1. The van der Waals surface area contributed by atoms with E-state index in [9.17, 15) is 4.79 Å². The highest BCUT2D eigenvalue weighted by molar-refractivity contribution is 5.90. The average molecular weight is 278 g/mol. The smallest absolute Gasteiger partial charge is 0.252 e. The first kappa shape index (κ1) is 14.5. The van der Waals surface area contributed by atoms with Crippen molar-refractivity contribution in [1.82, 2.24) is 14.9 Å². The minimum absolute atomic E-state index is 0.207. The largest absolute Gasteiger partial charge is 0.370 e. The van der Waals surface area contributed by atoms with Gasteiger partial charge in [-0.25, -0.2) is 4.98 Å². The molecule has 20 heavy (non-hydrogen) atoms. The Morgan fingerprint density at radius 1 is 1.50 bits per heavy atom. The lowest BCUT2D eigenvalue weighted by atomic mass is 10.1. The molecule has 1 aliphatic rings. The summed E-state index contributed by atoms with van der Waals surface area (Å²) in [6.07, 6.45) is 3.87. The van der Waals surface area contributed by atoms with Gasteiger partial charge in [-0.2, -0.15) is 0 Å². The summed E-state index contributed by atoms with van der Waals surface area (Å²) in [6.45, 7) is 5.62. The Hall–Kier alpha value is -1.89. The van der Waals surface area contributed by atoms with Crippen LogP contribution in [0, 0.1) is 6.92 Å². The number of rotatable bonds is 4. The first-order chi connectivity index (χ1) is 9.63. The maximum absolute atomic E-state index is 11.3. The standard InChI is InChI=1S/C13H22N6O/c1-10-9-11(20)17-13(16-10)18-12(14)15-5-8-19-6-3-2-4-7-19/h9H,2-8H2,1H3,(H4,14,15,16,17,18,20). The molecule has 1 aromatic rings. The predicted octanol–water partition coefficient (Wildman–Crippen LogP) is 0.291. The molecular weight excluding hydrogens is 256 g/mol. The molecule has 0 atom stereocenters. The molecule has 7 nitrogen and oxygen atoms in total. The average Bonchev–Trinajstić information content (AvgIpc) is 2.38. The van der Waals surface area contributed by atoms with Crippen molar-refractivity contribution in [3.05, 3.63) is 22.1 Å². The van der Waals surface area contributed by atoms with E-state index in [0.717, 1.165) is 19.6 Å². The SMILES string of the molecule is Cc1cc(=O)[nH]c(NC(N)=NCCN2CCCCC2)n1. The number of likely N-dealkylation sites (tertiary alicyclic amines) is 1. The van der Waals surface area contributed by atoms with E-state index in [4.69, 9.17) is 5.73 Å². The third kappa shape index (κ3) is 4.65. The maximum atomic E-state index is 11.3. The number of anilines is 1. The summed E-state index contributed by atoms with van der Waals surface area (Å²) in [7, 11) is 0. The van der Waals surface area contributed by atoms with E-state index >= 15 is 0 Å². The normalized spacial score (nSPS) is 17.1. The van der Waals surface area contributed by atoms with Crippen LogP contribution in [0.4, 0.5) is 5.95 Å². The summed E-state index contributed by atoms with van der Waals surface area (Å²) in [5.41, 5.74) is 6.21. The molecule has 0 aromatic carbocycles. The van der Waals surface area contributed by atoms with Crippen molar-refractivity contribution < 1.29 is 0 Å². The van der Waals surface area contributed by atoms with Crippen LogP contribution in [0.2, 0.25) is 0 Å². The quantitative estimate of drug-likeness (QED) is 0.543. The Bertz CT molecular complexity index is 518. The molecule has 0 saturated carbocycles. The summed E-state index contributed by atoms with van der Waals surface area (Å²) in [5, 5.41) is 2.80. The van der Waals surface area contributed by atoms with Gasteiger partial charge in [0.05, 0.1) is 6.54 Å². The van der Waals surface area contributed by atoms with Crippen molar-refractivity contribution in [2.75, 3.05) is 31.5 Å². The van der Waals surface area contributed by atoms with E-state index in [2.05, 4.69) is 25.2 Å². The maximum Gasteiger partial charge on any atom is 0.252 e. The van der Waals surface area contributed by atoms with Gasteiger partial charge in [0, 0.05) is 18.3 Å². The second kappa shape index (κ2) is 7.04. The van der Waals surface area contributed by atoms with Gasteiger partial charge in [-0.15, -0.1) is 0 Å². The summed E-state index contributed by atoms with van der Waals surface area (Å²) in [6, 6.07) is 1.43. The van der Waals surface area contributed by atoms with E-state index in [1.54, 1.807) is 6.92 Å². The molecule has 110 valence electrons. The number of nitrogens with one attached hydrogen (secondary N) is 2. The van der Waals surface area contributed by atoms with Crippen molar-refractivity contribution in [3.8, 4) is 0 Å². The molecule has 0 unspecified atom stereocenters. The monoisotopic (exact) mass is 278 g/mol. The highest BCUT2D eigenvalue weighted by atomic mass is 16.1. The zero-order valence-electron chi connectivity index (χ0n) is 11.9. The van der Waals surface area contributed by atoms with Crippen molar-refractivity contribution in [3.63, 3.8) is 0 Å². The third-order valence-electron chi connectivity index (χ3n) is 3.26. The molecule has 0 radical (unpaired) electrons. The van der Waals surface area contributed by atoms with Crippen LogP contribution in [0.5, 0.6) is 0 Å². The Labute approximate surface area is 118 Å².